The first-order valence-corrected chi connectivity index (χ1v) is 10.8. The van der Waals surface area contributed by atoms with Gasteiger partial charge < -0.3 is 4.74 Å². The Morgan fingerprint density at radius 1 is 1.04 bits per heavy atom. The van der Waals surface area contributed by atoms with Gasteiger partial charge in [0, 0.05) is 5.56 Å². The first-order chi connectivity index (χ1) is 11.6. The van der Waals surface area contributed by atoms with Crippen LogP contribution in [0.1, 0.15) is 17.3 Å². The fraction of sp³-hybridized carbons (Fsp3) is 0.133. The van der Waals surface area contributed by atoms with Crippen molar-refractivity contribution in [2.75, 3.05) is 6.61 Å². The Bertz CT molecular complexity index is 918. The molecule has 7 nitrogen and oxygen atoms in total. The molecule has 136 valence electrons. The molecule has 0 heterocycles. The van der Waals surface area contributed by atoms with E-state index in [-0.39, 0.29) is 15.4 Å². The second-order valence-electron chi connectivity index (χ2n) is 4.51. The predicted octanol–water partition coefficient (Wildman–Crippen LogP) is 2.45. The Labute approximate surface area is 151 Å². The number of hydrogen-bond acceptors (Lipinski definition) is 6. The molecule has 25 heavy (non-hydrogen) atoms. The van der Waals surface area contributed by atoms with Gasteiger partial charge in [-0.3, -0.25) is 9.35 Å². The third-order valence-electron chi connectivity index (χ3n) is 2.76. The number of ether oxygens (including phenoxy) is 1. The summed E-state index contributed by atoms with van der Waals surface area (Å²) in [5.41, 5.74) is -0.0417. The molecule has 0 bridgehead atoms. The Hall–Kier alpha value is -1.88. The number of hydrogen-bond donors (Lipinski definition) is 2. The SMILES string of the molecule is CCOc1ccc(S(=O)(=O)S)cc1.O=Cc1ccccc1S(=O)(=O)O. The van der Waals surface area contributed by atoms with E-state index in [0.29, 0.717) is 18.6 Å². The van der Waals surface area contributed by atoms with Crippen LogP contribution in [0.2, 0.25) is 0 Å². The molecule has 0 spiro atoms. The maximum atomic E-state index is 10.9. The second-order valence-corrected chi connectivity index (χ2v) is 8.76. The molecule has 2 aromatic carbocycles. The third-order valence-corrected chi connectivity index (χ3v) is 5.18. The molecule has 0 aliphatic heterocycles. The fourth-order valence-corrected chi connectivity index (χ4v) is 3.20. The van der Waals surface area contributed by atoms with Gasteiger partial charge in [0.05, 0.1) is 11.5 Å². The van der Waals surface area contributed by atoms with Gasteiger partial charge in [0.1, 0.15) is 10.6 Å². The van der Waals surface area contributed by atoms with Crippen LogP contribution in [0.4, 0.5) is 0 Å². The lowest BCUT2D eigenvalue weighted by Gasteiger charge is -2.02. The number of aldehydes is 1. The number of rotatable bonds is 5. The minimum atomic E-state index is -4.28. The second kappa shape index (κ2) is 8.99. The minimum absolute atomic E-state index is 0.0417. The summed E-state index contributed by atoms with van der Waals surface area (Å²) in [5.74, 6) is 0.656. The predicted molar refractivity (Wildman–Crippen MR) is 95.4 cm³/mol. The van der Waals surface area contributed by atoms with E-state index in [4.69, 9.17) is 9.29 Å². The van der Waals surface area contributed by atoms with Crippen molar-refractivity contribution >= 4 is 36.9 Å². The van der Waals surface area contributed by atoms with Crippen molar-refractivity contribution in [2.45, 2.75) is 16.7 Å². The zero-order valence-electron chi connectivity index (χ0n) is 13.1. The molecular weight excluding hydrogens is 388 g/mol. The fourth-order valence-electron chi connectivity index (χ4n) is 1.69. The molecule has 1 N–H and O–H groups in total. The molecular formula is C15H16O7S3. The van der Waals surface area contributed by atoms with Crippen LogP contribution in [-0.4, -0.2) is 34.3 Å². The van der Waals surface area contributed by atoms with Crippen LogP contribution in [0.25, 0.3) is 0 Å². The van der Waals surface area contributed by atoms with E-state index < -0.39 is 19.0 Å². The van der Waals surface area contributed by atoms with E-state index in [9.17, 15) is 21.6 Å². The van der Waals surface area contributed by atoms with E-state index in [1.807, 2.05) is 6.92 Å². The maximum absolute atomic E-state index is 10.9. The van der Waals surface area contributed by atoms with Gasteiger partial charge in [-0.1, -0.05) is 18.2 Å². The van der Waals surface area contributed by atoms with Crippen molar-refractivity contribution in [1.82, 2.24) is 0 Å². The molecule has 0 saturated carbocycles. The van der Waals surface area contributed by atoms with E-state index in [1.165, 1.54) is 36.4 Å². The third kappa shape index (κ3) is 6.86. The first-order valence-electron chi connectivity index (χ1n) is 6.81. The van der Waals surface area contributed by atoms with Crippen molar-refractivity contribution in [3.63, 3.8) is 0 Å². The van der Waals surface area contributed by atoms with E-state index in [2.05, 4.69) is 11.7 Å². The molecule has 0 aliphatic rings. The number of benzene rings is 2. The molecule has 2 aromatic rings. The van der Waals surface area contributed by atoms with Crippen LogP contribution in [0.3, 0.4) is 0 Å². The van der Waals surface area contributed by atoms with E-state index in [1.54, 1.807) is 12.1 Å². The van der Waals surface area contributed by atoms with Crippen LogP contribution in [0, 0.1) is 0 Å². The van der Waals surface area contributed by atoms with Gasteiger partial charge in [0.15, 0.2) is 6.29 Å². The quantitative estimate of drug-likeness (QED) is 0.340. The zero-order chi connectivity index (χ0) is 19.1. The first kappa shape index (κ1) is 21.2. The molecule has 2 rings (SSSR count). The Kier molecular flexibility index (Phi) is 7.61. The Balaban J connectivity index is 0.000000251. The number of carbonyl (C=O) groups excluding carboxylic acids is 1. The van der Waals surface area contributed by atoms with Crippen LogP contribution < -0.4 is 4.74 Å². The molecule has 0 atom stereocenters. The van der Waals surface area contributed by atoms with Gasteiger partial charge in [0.25, 0.3) is 10.1 Å². The standard InChI is InChI=1S/C8H10O3S2.C7H6O4S/c1-2-11-7-3-5-8(6-4-7)13(9,10)12;8-5-6-3-1-2-4-7(6)12(9,10)11/h3-6H,2H2,1H3,(H,9,10,12);1-5H,(H,9,10,11). The average molecular weight is 404 g/mol. The minimum Gasteiger partial charge on any atom is -0.494 e. The lowest BCUT2D eigenvalue weighted by molar-refractivity contribution is 0.112. The summed E-state index contributed by atoms with van der Waals surface area (Å²) in [6, 6.07) is 11.6. The van der Waals surface area contributed by atoms with E-state index >= 15 is 0 Å². The Morgan fingerprint density at radius 2 is 1.60 bits per heavy atom. The summed E-state index contributed by atoms with van der Waals surface area (Å²) in [7, 11) is -7.67. The monoisotopic (exact) mass is 404 g/mol. The highest BCUT2D eigenvalue weighted by atomic mass is 33.1. The van der Waals surface area contributed by atoms with Crippen molar-refractivity contribution in [2.24, 2.45) is 0 Å². The van der Waals surface area contributed by atoms with Crippen LogP contribution in [-0.2, 0) is 19.0 Å². The largest absolute Gasteiger partial charge is 0.494 e. The lowest BCUT2D eigenvalue weighted by atomic mass is 10.2. The summed E-state index contributed by atoms with van der Waals surface area (Å²) in [4.78, 5) is 10.1. The zero-order valence-corrected chi connectivity index (χ0v) is 15.6. The van der Waals surface area contributed by atoms with Gasteiger partial charge in [-0.15, -0.1) is 0 Å². The van der Waals surface area contributed by atoms with Gasteiger partial charge in [-0.2, -0.15) is 8.42 Å². The topological polar surface area (TPSA) is 115 Å². The molecule has 10 heteroatoms. The van der Waals surface area contributed by atoms with Gasteiger partial charge in [0.2, 0.25) is 8.87 Å². The average Bonchev–Trinajstić information content (AvgIpc) is 2.54. The summed E-state index contributed by atoms with van der Waals surface area (Å²) in [5, 5.41) is 0. The maximum Gasteiger partial charge on any atom is 0.295 e. The van der Waals surface area contributed by atoms with Crippen molar-refractivity contribution < 1.29 is 30.9 Å². The van der Waals surface area contributed by atoms with Gasteiger partial charge in [-0.25, -0.2) is 8.42 Å². The molecule has 0 saturated heterocycles. The lowest BCUT2D eigenvalue weighted by Crippen LogP contribution is -2.01. The highest BCUT2D eigenvalue weighted by molar-refractivity contribution is 8.63. The Morgan fingerprint density at radius 3 is 2.00 bits per heavy atom. The summed E-state index contributed by atoms with van der Waals surface area (Å²) in [6.07, 6.45) is 0.378. The van der Waals surface area contributed by atoms with Crippen LogP contribution in [0.15, 0.2) is 58.3 Å². The molecule has 0 amide bonds. The number of thiol groups is 1. The molecule has 0 aromatic heterocycles. The van der Waals surface area contributed by atoms with Crippen LogP contribution >= 0.6 is 11.7 Å². The summed E-state index contributed by atoms with van der Waals surface area (Å²) >= 11 is 3.46. The summed E-state index contributed by atoms with van der Waals surface area (Å²) in [6.45, 7) is 2.43. The van der Waals surface area contributed by atoms with E-state index in [0.717, 1.165) is 0 Å². The van der Waals surface area contributed by atoms with Gasteiger partial charge in [-0.05, 0) is 48.9 Å². The molecule has 0 unspecified atom stereocenters. The van der Waals surface area contributed by atoms with Crippen molar-refractivity contribution in [1.29, 1.82) is 0 Å². The van der Waals surface area contributed by atoms with Crippen LogP contribution in [0.5, 0.6) is 5.75 Å². The van der Waals surface area contributed by atoms with Crippen molar-refractivity contribution in [3.05, 3.63) is 54.1 Å². The molecule has 0 fully saturated rings. The molecule has 0 radical (unpaired) electrons. The highest BCUT2D eigenvalue weighted by Crippen LogP contribution is 2.18. The normalized spacial score (nSPS) is 11.2. The molecule has 0 aliphatic carbocycles. The summed E-state index contributed by atoms with van der Waals surface area (Å²) < 4.78 is 56.8. The highest BCUT2D eigenvalue weighted by Gasteiger charge is 2.13. The smallest absolute Gasteiger partial charge is 0.295 e. The number of carbonyl (C=O) groups is 1. The van der Waals surface area contributed by atoms with Crippen molar-refractivity contribution in [3.8, 4) is 5.75 Å². The van der Waals surface area contributed by atoms with Gasteiger partial charge >= 0.3 is 0 Å².